The third-order valence-electron chi connectivity index (χ3n) is 3.90. The zero-order valence-corrected chi connectivity index (χ0v) is 15.3. The Morgan fingerprint density at radius 1 is 1.04 bits per heavy atom. The summed E-state index contributed by atoms with van der Waals surface area (Å²) in [5.74, 6) is 1.18. The maximum atomic E-state index is 10.4. The Bertz CT molecular complexity index is 889. The zero-order valence-electron chi connectivity index (χ0n) is 14.5. The van der Waals surface area contributed by atoms with E-state index in [-0.39, 0.29) is 6.04 Å². The third kappa shape index (κ3) is 4.68. The van der Waals surface area contributed by atoms with Crippen LogP contribution in [0.2, 0.25) is 5.15 Å². The molecule has 0 amide bonds. The second-order valence-corrected chi connectivity index (χ2v) is 6.42. The van der Waals surface area contributed by atoms with E-state index in [1.165, 1.54) is 6.20 Å². The highest BCUT2D eigenvalue weighted by Crippen LogP contribution is 2.22. The number of rotatable bonds is 6. The lowest BCUT2D eigenvalue weighted by atomic mass is 10.1. The number of hydrogen-bond acceptors (Lipinski definition) is 6. The molecular formula is C19H20ClN5O. The predicted molar refractivity (Wildman–Crippen MR) is 103 cm³/mol. The number of anilines is 2. The molecule has 0 bridgehead atoms. The second kappa shape index (κ2) is 8.12. The van der Waals surface area contributed by atoms with Crippen LogP contribution in [0.3, 0.4) is 0 Å². The van der Waals surface area contributed by atoms with Crippen LogP contribution in [0.15, 0.2) is 55.0 Å². The van der Waals surface area contributed by atoms with Gasteiger partial charge >= 0.3 is 0 Å². The van der Waals surface area contributed by atoms with Crippen molar-refractivity contribution in [2.45, 2.75) is 26.1 Å². The average molecular weight is 370 g/mol. The average Bonchev–Trinajstić information content (AvgIpc) is 2.62. The van der Waals surface area contributed by atoms with Gasteiger partial charge in [0, 0.05) is 11.8 Å². The number of aliphatic hydroxyl groups is 1. The summed E-state index contributed by atoms with van der Waals surface area (Å²) in [6, 6.07) is 11.5. The number of nitrogens with one attached hydrogen (secondary N) is 2. The lowest BCUT2D eigenvalue weighted by Gasteiger charge is -2.18. The van der Waals surface area contributed by atoms with Gasteiger partial charge in [-0.05, 0) is 31.5 Å². The van der Waals surface area contributed by atoms with Crippen molar-refractivity contribution in [1.29, 1.82) is 0 Å². The normalized spacial score (nSPS) is 13.1. The fraction of sp³-hybridized carbons (Fsp3) is 0.211. The van der Waals surface area contributed by atoms with Gasteiger partial charge in [0.1, 0.15) is 16.8 Å². The van der Waals surface area contributed by atoms with E-state index in [1.807, 2.05) is 50.2 Å². The number of nitrogens with zero attached hydrogens (tertiary/aromatic N) is 3. The van der Waals surface area contributed by atoms with Crippen molar-refractivity contribution in [3.63, 3.8) is 0 Å². The lowest BCUT2D eigenvalue weighted by molar-refractivity contribution is 0.207. The summed E-state index contributed by atoms with van der Waals surface area (Å²) < 4.78 is 0. The fourth-order valence-electron chi connectivity index (χ4n) is 2.58. The molecule has 2 aromatic heterocycles. The van der Waals surface area contributed by atoms with Gasteiger partial charge in [-0.1, -0.05) is 41.4 Å². The van der Waals surface area contributed by atoms with E-state index >= 15 is 0 Å². The Morgan fingerprint density at radius 3 is 2.65 bits per heavy atom. The van der Waals surface area contributed by atoms with E-state index < -0.39 is 6.23 Å². The number of aryl methyl sites for hydroxylation is 1. The van der Waals surface area contributed by atoms with E-state index in [0.29, 0.717) is 16.8 Å². The van der Waals surface area contributed by atoms with Gasteiger partial charge in [0.2, 0.25) is 0 Å². The van der Waals surface area contributed by atoms with Crippen molar-refractivity contribution in [3.05, 3.63) is 76.8 Å². The van der Waals surface area contributed by atoms with Gasteiger partial charge in [0.15, 0.2) is 6.23 Å². The predicted octanol–water partition coefficient (Wildman–Crippen LogP) is 4.11. The Hall–Kier alpha value is -2.70. The summed E-state index contributed by atoms with van der Waals surface area (Å²) in [5.41, 5.74) is 2.86. The number of hydrogen-bond donors (Lipinski definition) is 3. The monoisotopic (exact) mass is 369 g/mol. The van der Waals surface area contributed by atoms with Gasteiger partial charge in [-0.2, -0.15) is 0 Å². The van der Waals surface area contributed by atoms with Crippen LogP contribution in [0.25, 0.3) is 0 Å². The maximum absolute atomic E-state index is 10.4. The second-order valence-electron chi connectivity index (χ2n) is 6.03. The number of pyridine rings is 1. The molecule has 0 spiro atoms. The van der Waals surface area contributed by atoms with Gasteiger partial charge < -0.3 is 15.7 Å². The molecule has 26 heavy (non-hydrogen) atoms. The Labute approximate surface area is 157 Å². The molecule has 7 heteroatoms. The highest BCUT2D eigenvalue weighted by molar-refractivity contribution is 6.29. The molecule has 0 fully saturated rings. The van der Waals surface area contributed by atoms with Crippen LogP contribution in [-0.4, -0.2) is 20.1 Å². The number of aromatic nitrogens is 3. The molecule has 0 aliphatic rings. The van der Waals surface area contributed by atoms with Crippen molar-refractivity contribution in [2.24, 2.45) is 0 Å². The third-order valence-corrected chi connectivity index (χ3v) is 4.08. The lowest BCUT2D eigenvalue weighted by Crippen LogP contribution is -2.13. The van der Waals surface area contributed by atoms with E-state index in [4.69, 9.17) is 11.6 Å². The molecule has 0 aliphatic carbocycles. The van der Waals surface area contributed by atoms with Crippen LogP contribution >= 0.6 is 11.6 Å². The molecule has 1 unspecified atom stereocenters. The number of benzene rings is 1. The Morgan fingerprint density at radius 2 is 1.88 bits per heavy atom. The van der Waals surface area contributed by atoms with Crippen LogP contribution in [0, 0.1) is 6.92 Å². The van der Waals surface area contributed by atoms with Crippen LogP contribution in [-0.2, 0) is 0 Å². The smallest absolute Gasteiger partial charge is 0.151 e. The Kier molecular flexibility index (Phi) is 5.65. The molecule has 0 saturated heterocycles. The van der Waals surface area contributed by atoms with E-state index in [2.05, 4.69) is 25.6 Å². The Balaban J connectivity index is 1.71. The fourth-order valence-corrected chi connectivity index (χ4v) is 2.72. The zero-order chi connectivity index (χ0) is 18.5. The minimum absolute atomic E-state index is 0.0394. The van der Waals surface area contributed by atoms with Gasteiger partial charge in [-0.15, -0.1) is 0 Å². The molecule has 0 saturated carbocycles. The van der Waals surface area contributed by atoms with Crippen molar-refractivity contribution in [2.75, 3.05) is 10.6 Å². The van der Waals surface area contributed by atoms with Crippen LogP contribution in [0.1, 0.15) is 35.9 Å². The van der Waals surface area contributed by atoms with Gasteiger partial charge in [0.25, 0.3) is 0 Å². The largest absolute Gasteiger partial charge is 0.369 e. The van der Waals surface area contributed by atoms with Crippen molar-refractivity contribution in [3.8, 4) is 0 Å². The topological polar surface area (TPSA) is 83.0 Å². The van der Waals surface area contributed by atoms with E-state index in [1.54, 1.807) is 12.4 Å². The highest BCUT2D eigenvalue weighted by atomic mass is 35.5. The highest BCUT2D eigenvalue weighted by Gasteiger charge is 2.11. The van der Waals surface area contributed by atoms with E-state index in [9.17, 15) is 5.11 Å². The van der Waals surface area contributed by atoms with Crippen molar-refractivity contribution < 1.29 is 5.11 Å². The molecule has 0 aliphatic heterocycles. The van der Waals surface area contributed by atoms with Crippen LogP contribution in [0.4, 0.5) is 11.6 Å². The standard InChI is InChI=1S/C19H20ClN5O/c1-12-4-3-5-15(8-12)19(26)25-17-9-14(6-7-22-17)13(2)23-18-11-21-10-16(20)24-18/h3-11,13,19,26H,1-2H3,(H,22,25)(H,23,24)/t13-,19?/m0/s1. The molecule has 2 atom stereocenters. The molecule has 3 N–H and O–H groups in total. The van der Waals surface area contributed by atoms with Crippen molar-refractivity contribution in [1.82, 2.24) is 15.0 Å². The minimum atomic E-state index is -0.834. The molecule has 3 rings (SSSR count). The summed E-state index contributed by atoms with van der Waals surface area (Å²) in [6.07, 6.45) is 3.96. The molecule has 0 radical (unpaired) electrons. The molecule has 134 valence electrons. The quantitative estimate of drug-likeness (QED) is 0.567. The van der Waals surface area contributed by atoms with Crippen molar-refractivity contribution >= 4 is 23.2 Å². The molecular weight excluding hydrogens is 350 g/mol. The summed E-state index contributed by atoms with van der Waals surface area (Å²) in [4.78, 5) is 12.5. The van der Waals surface area contributed by atoms with E-state index in [0.717, 1.165) is 16.7 Å². The first-order valence-electron chi connectivity index (χ1n) is 8.22. The maximum Gasteiger partial charge on any atom is 0.151 e. The first kappa shape index (κ1) is 18.1. The molecule has 1 aromatic carbocycles. The summed E-state index contributed by atoms with van der Waals surface area (Å²) >= 11 is 5.86. The first-order chi connectivity index (χ1) is 12.5. The first-order valence-corrected chi connectivity index (χ1v) is 8.60. The van der Waals surface area contributed by atoms with Gasteiger partial charge in [-0.25, -0.2) is 9.97 Å². The molecule has 2 heterocycles. The summed E-state index contributed by atoms with van der Waals surface area (Å²) in [6.45, 7) is 3.99. The van der Waals surface area contributed by atoms with Gasteiger partial charge in [0.05, 0.1) is 18.4 Å². The molecule has 3 aromatic rings. The van der Waals surface area contributed by atoms with Crippen LogP contribution < -0.4 is 10.6 Å². The van der Waals surface area contributed by atoms with Gasteiger partial charge in [-0.3, -0.25) is 4.98 Å². The SMILES string of the molecule is Cc1cccc(C(O)Nc2cc([C@H](C)Nc3cncc(Cl)n3)ccn2)c1. The minimum Gasteiger partial charge on any atom is -0.369 e. The van der Waals surface area contributed by atoms with Crippen LogP contribution in [0.5, 0.6) is 0 Å². The summed E-state index contributed by atoms with van der Waals surface area (Å²) in [5, 5.41) is 17.0. The summed E-state index contributed by atoms with van der Waals surface area (Å²) in [7, 11) is 0. The number of aliphatic hydroxyl groups excluding tert-OH is 1. The number of halogens is 1. The molecule has 6 nitrogen and oxygen atoms in total.